The zero-order valence-electron chi connectivity index (χ0n) is 9.80. The molecule has 1 N–H and O–H groups in total. The zero-order valence-corrected chi connectivity index (χ0v) is 9.80. The van der Waals surface area contributed by atoms with Crippen LogP contribution in [0.5, 0.6) is 5.88 Å². The summed E-state index contributed by atoms with van der Waals surface area (Å²) in [5.41, 5.74) is 1.02. The lowest BCUT2D eigenvalue weighted by Gasteiger charge is -2.31. The molecular formula is C12H16N2O3. The van der Waals surface area contributed by atoms with Gasteiger partial charge in [-0.05, 0) is 18.9 Å². The van der Waals surface area contributed by atoms with E-state index in [2.05, 4.69) is 9.88 Å². The monoisotopic (exact) mass is 236 g/mol. The average molecular weight is 236 g/mol. The highest BCUT2D eigenvalue weighted by atomic mass is 16.5. The number of hydrogen-bond donors (Lipinski definition) is 1. The number of pyridine rings is 1. The van der Waals surface area contributed by atoms with Gasteiger partial charge in [-0.25, -0.2) is 4.98 Å². The number of carboxylic acid groups (broad SMARTS) is 1. The van der Waals surface area contributed by atoms with E-state index in [0.717, 1.165) is 18.8 Å². The molecule has 2 rings (SSSR count). The first-order valence-corrected chi connectivity index (χ1v) is 5.68. The van der Waals surface area contributed by atoms with Crippen molar-refractivity contribution in [2.24, 2.45) is 5.92 Å². The number of methoxy groups -OCH3 is 1. The molecule has 5 heteroatoms. The normalized spacial score (nSPS) is 16.9. The van der Waals surface area contributed by atoms with Crippen molar-refractivity contribution < 1.29 is 14.6 Å². The maximum atomic E-state index is 10.8. The van der Waals surface area contributed by atoms with Gasteiger partial charge >= 0.3 is 5.97 Å². The van der Waals surface area contributed by atoms with E-state index in [-0.39, 0.29) is 5.92 Å². The van der Waals surface area contributed by atoms with Crippen molar-refractivity contribution in [3.63, 3.8) is 0 Å². The molecule has 0 atom stereocenters. The van der Waals surface area contributed by atoms with Crippen LogP contribution in [-0.2, 0) is 4.79 Å². The number of hydrogen-bond acceptors (Lipinski definition) is 4. The van der Waals surface area contributed by atoms with Crippen molar-refractivity contribution in [1.29, 1.82) is 0 Å². The lowest BCUT2D eigenvalue weighted by atomic mass is 9.97. The van der Waals surface area contributed by atoms with E-state index in [1.165, 1.54) is 0 Å². The van der Waals surface area contributed by atoms with Crippen molar-refractivity contribution in [2.75, 3.05) is 25.1 Å². The number of aliphatic carboxylic acids is 1. The minimum Gasteiger partial charge on any atom is -0.481 e. The third-order valence-electron chi connectivity index (χ3n) is 3.14. The first-order chi connectivity index (χ1) is 8.20. The van der Waals surface area contributed by atoms with E-state index in [1.807, 2.05) is 12.1 Å². The predicted octanol–water partition coefficient (Wildman–Crippen LogP) is 1.39. The summed E-state index contributed by atoms with van der Waals surface area (Å²) >= 11 is 0. The predicted molar refractivity (Wildman–Crippen MR) is 63.4 cm³/mol. The highest BCUT2D eigenvalue weighted by Crippen LogP contribution is 2.23. The number of piperidine rings is 1. The van der Waals surface area contributed by atoms with Crippen LogP contribution < -0.4 is 9.64 Å². The second-order valence-corrected chi connectivity index (χ2v) is 4.16. The summed E-state index contributed by atoms with van der Waals surface area (Å²) in [5, 5.41) is 8.92. The minimum absolute atomic E-state index is 0.197. The molecule has 5 nitrogen and oxygen atoms in total. The minimum atomic E-state index is -0.683. The van der Waals surface area contributed by atoms with Gasteiger partial charge < -0.3 is 14.7 Å². The fourth-order valence-electron chi connectivity index (χ4n) is 2.06. The van der Waals surface area contributed by atoms with Crippen LogP contribution in [0.15, 0.2) is 18.3 Å². The molecule has 0 saturated carbocycles. The van der Waals surface area contributed by atoms with Crippen LogP contribution in [0.25, 0.3) is 0 Å². The van der Waals surface area contributed by atoms with Crippen LogP contribution >= 0.6 is 0 Å². The van der Waals surface area contributed by atoms with Gasteiger partial charge in [-0.1, -0.05) is 0 Å². The highest BCUT2D eigenvalue weighted by Gasteiger charge is 2.24. The van der Waals surface area contributed by atoms with Gasteiger partial charge in [-0.3, -0.25) is 4.79 Å². The Morgan fingerprint density at radius 2 is 2.18 bits per heavy atom. The summed E-state index contributed by atoms with van der Waals surface area (Å²) in [6, 6.07) is 3.77. The van der Waals surface area contributed by atoms with Gasteiger partial charge in [0.2, 0.25) is 5.88 Å². The number of aromatic nitrogens is 1. The molecule has 1 aromatic rings. The van der Waals surface area contributed by atoms with Gasteiger partial charge in [0.15, 0.2) is 0 Å². The molecule has 1 aliphatic rings. The number of rotatable bonds is 3. The molecule has 92 valence electrons. The standard InChI is InChI=1S/C12H16N2O3/c1-17-11-3-2-10(8-13-11)14-6-4-9(5-7-14)12(15)16/h2-3,8-9H,4-7H2,1H3,(H,15,16). The lowest BCUT2D eigenvalue weighted by Crippen LogP contribution is -2.36. The van der Waals surface area contributed by atoms with Crippen molar-refractivity contribution in [3.8, 4) is 5.88 Å². The van der Waals surface area contributed by atoms with Crippen molar-refractivity contribution in [1.82, 2.24) is 4.98 Å². The van der Waals surface area contributed by atoms with Gasteiger partial charge in [-0.15, -0.1) is 0 Å². The summed E-state index contributed by atoms with van der Waals surface area (Å²) in [5.74, 6) is -0.288. The Kier molecular flexibility index (Phi) is 3.46. The van der Waals surface area contributed by atoms with Crippen LogP contribution in [-0.4, -0.2) is 36.3 Å². The Hall–Kier alpha value is -1.78. The maximum absolute atomic E-state index is 10.8. The van der Waals surface area contributed by atoms with E-state index in [1.54, 1.807) is 13.3 Å². The number of anilines is 1. The Labute approximate surface area is 100 Å². The van der Waals surface area contributed by atoms with Crippen LogP contribution in [0.3, 0.4) is 0 Å². The molecular weight excluding hydrogens is 220 g/mol. The van der Waals surface area contributed by atoms with Gasteiger partial charge in [0.25, 0.3) is 0 Å². The van der Waals surface area contributed by atoms with Crippen LogP contribution in [0.4, 0.5) is 5.69 Å². The van der Waals surface area contributed by atoms with E-state index in [0.29, 0.717) is 18.7 Å². The summed E-state index contributed by atoms with van der Waals surface area (Å²) in [4.78, 5) is 17.1. The van der Waals surface area contributed by atoms with Crippen molar-refractivity contribution in [2.45, 2.75) is 12.8 Å². The lowest BCUT2D eigenvalue weighted by molar-refractivity contribution is -0.142. The molecule has 1 aromatic heterocycles. The molecule has 0 aromatic carbocycles. The summed E-state index contributed by atoms with van der Waals surface area (Å²) < 4.78 is 5.00. The Morgan fingerprint density at radius 1 is 1.47 bits per heavy atom. The summed E-state index contributed by atoms with van der Waals surface area (Å²) in [7, 11) is 1.58. The Morgan fingerprint density at radius 3 is 2.65 bits per heavy atom. The van der Waals surface area contributed by atoms with E-state index < -0.39 is 5.97 Å². The molecule has 17 heavy (non-hydrogen) atoms. The van der Waals surface area contributed by atoms with E-state index >= 15 is 0 Å². The molecule has 2 heterocycles. The average Bonchev–Trinajstić information content (AvgIpc) is 2.39. The largest absolute Gasteiger partial charge is 0.481 e. The second-order valence-electron chi connectivity index (χ2n) is 4.16. The van der Waals surface area contributed by atoms with Gasteiger partial charge in [-0.2, -0.15) is 0 Å². The van der Waals surface area contributed by atoms with Crippen molar-refractivity contribution >= 4 is 11.7 Å². The van der Waals surface area contributed by atoms with E-state index in [4.69, 9.17) is 9.84 Å². The molecule has 1 saturated heterocycles. The molecule has 0 unspecified atom stereocenters. The first kappa shape index (κ1) is 11.7. The Bertz CT molecular complexity index is 383. The molecule has 0 amide bonds. The molecule has 0 aliphatic carbocycles. The van der Waals surface area contributed by atoms with Gasteiger partial charge in [0.1, 0.15) is 0 Å². The second kappa shape index (κ2) is 5.03. The zero-order chi connectivity index (χ0) is 12.3. The van der Waals surface area contributed by atoms with Crippen LogP contribution in [0, 0.1) is 5.92 Å². The van der Waals surface area contributed by atoms with Gasteiger partial charge in [0.05, 0.1) is 24.9 Å². The maximum Gasteiger partial charge on any atom is 0.306 e. The fourth-order valence-corrected chi connectivity index (χ4v) is 2.06. The molecule has 0 spiro atoms. The number of ether oxygens (including phenoxy) is 1. The third kappa shape index (κ3) is 2.67. The Balaban J connectivity index is 1.97. The van der Waals surface area contributed by atoms with Crippen molar-refractivity contribution in [3.05, 3.63) is 18.3 Å². The number of nitrogens with zero attached hydrogens (tertiary/aromatic N) is 2. The van der Waals surface area contributed by atoms with E-state index in [9.17, 15) is 4.79 Å². The topological polar surface area (TPSA) is 62.7 Å². The first-order valence-electron chi connectivity index (χ1n) is 5.68. The summed E-state index contributed by atoms with van der Waals surface area (Å²) in [6.45, 7) is 1.54. The van der Waals surface area contributed by atoms with Crippen LogP contribution in [0.1, 0.15) is 12.8 Å². The molecule has 1 aliphatic heterocycles. The molecule has 0 bridgehead atoms. The number of carboxylic acids is 1. The molecule has 1 fully saturated rings. The molecule has 0 radical (unpaired) electrons. The summed E-state index contributed by atoms with van der Waals surface area (Å²) in [6.07, 6.45) is 3.16. The fraction of sp³-hybridized carbons (Fsp3) is 0.500. The third-order valence-corrected chi connectivity index (χ3v) is 3.14. The smallest absolute Gasteiger partial charge is 0.306 e. The number of carbonyl (C=O) groups is 1. The quantitative estimate of drug-likeness (QED) is 0.859. The highest BCUT2D eigenvalue weighted by molar-refractivity contribution is 5.70. The SMILES string of the molecule is COc1ccc(N2CCC(C(=O)O)CC2)cn1. The van der Waals surface area contributed by atoms with Crippen LogP contribution in [0.2, 0.25) is 0 Å². The van der Waals surface area contributed by atoms with Gasteiger partial charge in [0, 0.05) is 19.2 Å².